The number of carbonyl (C=O) groups is 1. The molecule has 0 heterocycles. The molecule has 0 bridgehead atoms. The van der Waals surface area contributed by atoms with Gasteiger partial charge in [0, 0.05) is 22.8 Å². The van der Waals surface area contributed by atoms with E-state index in [0.29, 0.717) is 6.42 Å². The number of fused-ring (bicyclic) bond motifs is 1. The Balaban J connectivity index is 2.63. The summed E-state index contributed by atoms with van der Waals surface area (Å²) in [5.41, 5.74) is 0.741. The van der Waals surface area contributed by atoms with Crippen molar-refractivity contribution < 1.29 is 9.53 Å². The minimum absolute atomic E-state index is 0.111. The third kappa shape index (κ3) is 2.76. The zero-order chi connectivity index (χ0) is 14.0. The van der Waals surface area contributed by atoms with Gasteiger partial charge in [0.2, 0.25) is 0 Å². The van der Waals surface area contributed by atoms with Gasteiger partial charge >= 0.3 is 0 Å². The fraction of sp³-hybridized carbons (Fsp3) is 0.312. The molecule has 2 aromatic carbocycles. The second-order valence-electron chi connectivity index (χ2n) is 5.32. The maximum atomic E-state index is 11.3. The number of thiol groups is 1. The van der Waals surface area contributed by atoms with Gasteiger partial charge in [-0.1, -0.05) is 50.2 Å². The van der Waals surface area contributed by atoms with Gasteiger partial charge in [0.1, 0.15) is 5.75 Å². The molecule has 0 aliphatic heterocycles. The molecule has 0 radical (unpaired) electrons. The molecular weight excluding hydrogens is 256 g/mol. The van der Waals surface area contributed by atoms with Gasteiger partial charge in [0.25, 0.3) is 0 Å². The first kappa shape index (κ1) is 13.9. The standard InChI is InChI=1S/C16H18O2S/c1-16(2,10-14(17)19)13-9-8-11-6-4-5-7-12(11)15(13)18-3/h4-9H,10H2,1-3H3,(H,17,19). The van der Waals surface area contributed by atoms with Crippen LogP contribution in [0.1, 0.15) is 25.8 Å². The van der Waals surface area contributed by atoms with Crippen LogP contribution < -0.4 is 4.74 Å². The molecule has 2 aromatic rings. The summed E-state index contributed by atoms with van der Waals surface area (Å²) in [6, 6.07) is 12.2. The van der Waals surface area contributed by atoms with Gasteiger partial charge in [0.15, 0.2) is 5.12 Å². The van der Waals surface area contributed by atoms with Crippen LogP contribution in [0, 0.1) is 0 Å². The normalized spacial score (nSPS) is 11.6. The molecule has 100 valence electrons. The Morgan fingerprint density at radius 2 is 1.89 bits per heavy atom. The zero-order valence-electron chi connectivity index (χ0n) is 11.4. The van der Waals surface area contributed by atoms with Crippen LogP contribution in [-0.4, -0.2) is 12.2 Å². The number of hydrogen-bond acceptors (Lipinski definition) is 2. The van der Waals surface area contributed by atoms with Crippen LogP contribution >= 0.6 is 12.6 Å². The van der Waals surface area contributed by atoms with E-state index >= 15 is 0 Å². The Kier molecular flexibility index (Phi) is 3.85. The lowest BCUT2D eigenvalue weighted by atomic mass is 9.80. The van der Waals surface area contributed by atoms with Crippen LogP contribution in [0.25, 0.3) is 10.8 Å². The number of methoxy groups -OCH3 is 1. The van der Waals surface area contributed by atoms with Gasteiger partial charge < -0.3 is 4.74 Å². The average Bonchev–Trinajstić information content (AvgIpc) is 2.35. The van der Waals surface area contributed by atoms with Crippen molar-refractivity contribution in [1.29, 1.82) is 0 Å². The third-order valence-corrected chi connectivity index (χ3v) is 3.56. The van der Waals surface area contributed by atoms with E-state index in [1.807, 2.05) is 38.1 Å². The van der Waals surface area contributed by atoms with Crippen molar-refractivity contribution in [2.24, 2.45) is 0 Å². The summed E-state index contributed by atoms with van der Waals surface area (Å²) < 4.78 is 5.59. The van der Waals surface area contributed by atoms with Crippen LogP contribution in [0.5, 0.6) is 5.75 Å². The average molecular weight is 274 g/mol. The van der Waals surface area contributed by atoms with E-state index in [1.54, 1.807) is 7.11 Å². The molecule has 2 nitrogen and oxygen atoms in total. The Labute approximate surface area is 119 Å². The maximum absolute atomic E-state index is 11.3. The van der Waals surface area contributed by atoms with Crippen molar-refractivity contribution in [1.82, 2.24) is 0 Å². The second-order valence-corrected chi connectivity index (χ2v) is 5.82. The molecule has 0 aliphatic rings. The van der Waals surface area contributed by atoms with Gasteiger partial charge in [0.05, 0.1) is 7.11 Å². The summed E-state index contributed by atoms with van der Waals surface area (Å²) in [5, 5.41) is 2.10. The number of carbonyl (C=O) groups excluding carboxylic acids is 1. The highest BCUT2D eigenvalue weighted by atomic mass is 32.1. The molecule has 0 aliphatic carbocycles. The van der Waals surface area contributed by atoms with Crippen LogP contribution in [0.4, 0.5) is 0 Å². The van der Waals surface area contributed by atoms with Gasteiger partial charge in [-0.15, -0.1) is 12.6 Å². The molecule has 19 heavy (non-hydrogen) atoms. The predicted octanol–water partition coefficient (Wildman–Crippen LogP) is 3.97. The Bertz CT molecular complexity index is 617. The molecule has 0 aromatic heterocycles. The van der Waals surface area contributed by atoms with Crippen molar-refractivity contribution in [3.05, 3.63) is 42.0 Å². The summed E-state index contributed by atoms with van der Waals surface area (Å²) in [7, 11) is 1.67. The highest BCUT2D eigenvalue weighted by Crippen LogP contribution is 2.39. The lowest BCUT2D eigenvalue weighted by Gasteiger charge is -2.26. The number of hydrogen-bond donors (Lipinski definition) is 1. The quantitative estimate of drug-likeness (QED) is 0.854. The van der Waals surface area contributed by atoms with Crippen LogP contribution in [-0.2, 0) is 10.2 Å². The molecule has 0 N–H and O–H groups in total. The summed E-state index contributed by atoms with van der Waals surface area (Å²) in [6.07, 6.45) is 0.380. The minimum Gasteiger partial charge on any atom is -0.496 e. The van der Waals surface area contributed by atoms with E-state index in [-0.39, 0.29) is 10.5 Å². The van der Waals surface area contributed by atoms with Crippen molar-refractivity contribution >= 4 is 28.5 Å². The van der Waals surface area contributed by atoms with Crippen molar-refractivity contribution in [2.45, 2.75) is 25.7 Å². The van der Waals surface area contributed by atoms with Crippen molar-refractivity contribution in [2.75, 3.05) is 7.11 Å². The van der Waals surface area contributed by atoms with Crippen LogP contribution in [0.2, 0.25) is 0 Å². The van der Waals surface area contributed by atoms with Gasteiger partial charge in [-0.3, -0.25) is 4.79 Å². The summed E-state index contributed by atoms with van der Waals surface area (Å²) >= 11 is 3.90. The zero-order valence-corrected chi connectivity index (χ0v) is 12.3. The topological polar surface area (TPSA) is 26.3 Å². The maximum Gasteiger partial charge on any atom is 0.186 e. The van der Waals surface area contributed by atoms with Crippen molar-refractivity contribution in [3.63, 3.8) is 0 Å². The molecular formula is C16H18O2S. The summed E-state index contributed by atoms with van der Waals surface area (Å²) in [4.78, 5) is 11.3. The predicted molar refractivity (Wildman–Crippen MR) is 82.1 cm³/mol. The summed E-state index contributed by atoms with van der Waals surface area (Å²) in [6.45, 7) is 4.07. The van der Waals surface area contributed by atoms with E-state index in [9.17, 15) is 4.79 Å². The first-order valence-electron chi connectivity index (χ1n) is 6.24. The molecule has 2 rings (SSSR count). The van der Waals surface area contributed by atoms with E-state index < -0.39 is 0 Å². The van der Waals surface area contributed by atoms with E-state index in [2.05, 4.69) is 24.8 Å². The van der Waals surface area contributed by atoms with Crippen molar-refractivity contribution in [3.8, 4) is 5.75 Å². The Morgan fingerprint density at radius 3 is 2.53 bits per heavy atom. The molecule has 0 saturated carbocycles. The largest absolute Gasteiger partial charge is 0.496 e. The summed E-state index contributed by atoms with van der Waals surface area (Å²) in [5.74, 6) is 0.845. The van der Waals surface area contributed by atoms with Gasteiger partial charge in [-0.05, 0) is 5.39 Å². The highest BCUT2D eigenvalue weighted by molar-refractivity contribution is 7.96. The van der Waals surface area contributed by atoms with E-state index in [0.717, 1.165) is 22.1 Å². The first-order chi connectivity index (χ1) is 8.95. The third-order valence-electron chi connectivity index (χ3n) is 3.41. The Morgan fingerprint density at radius 1 is 1.21 bits per heavy atom. The van der Waals surface area contributed by atoms with Gasteiger partial charge in [-0.2, -0.15) is 0 Å². The van der Waals surface area contributed by atoms with E-state index in [1.165, 1.54) is 0 Å². The first-order valence-corrected chi connectivity index (χ1v) is 6.68. The monoisotopic (exact) mass is 274 g/mol. The SMILES string of the molecule is COc1c(C(C)(C)CC(=O)S)ccc2ccccc12. The number of benzene rings is 2. The van der Waals surface area contributed by atoms with E-state index in [4.69, 9.17) is 4.74 Å². The van der Waals surface area contributed by atoms with Gasteiger partial charge in [-0.25, -0.2) is 0 Å². The molecule has 3 heteroatoms. The number of ether oxygens (including phenoxy) is 1. The molecule has 0 fully saturated rings. The molecule has 0 saturated heterocycles. The number of rotatable bonds is 4. The molecule has 0 amide bonds. The van der Waals surface area contributed by atoms with Crippen LogP contribution in [0.15, 0.2) is 36.4 Å². The Hall–Kier alpha value is -1.48. The fourth-order valence-corrected chi connectivity index (χ4v) is 2.86. The highest BCUT2D eigenvalue weighted by Gasteiger charge is 2.27. The minimum atomic E-state index is -0.297. The smallest absolute Gasteiger partial charge is 0.186 e. The molecule has 0 unspecified atom stereocenters. The molecule has 0 atom stereocenters. The fourth-order valence-electron chi connectivity index (χ4n) is 2.47. The van der Waals surface area contributed by atoms with Crippen LogP contribution in [0.3, 0.4) is 0 Å². The lowest BCUT2D eigenvalue weighted by Crippen LogP contribution is -2.21. The lowest BCUT2D eigenvalue weighted by molar-refractivity contribution is -0.111. The molecule has 0 spiro atoms. The second kappa shape index (κ2) is 5.25.